The number of carbonyl (C=O) groups is 1. The third kappa shape index (κ3) is 10.8. The number of benzene rings is 4. The molecular weight excluding hydrogens is 617 g/mol. The van der Waals surface area contributed by atoms with Crippen LogP contribution in [0, 0.1) is 5.92 Å². The molecule has 1 fully saturated rings. The van der Waals surface area contributed by atoms with Crippen molar-refractivity contribution >= 4 is 49.9 Å². The summed E-state index contributed by atoms with van der Waals surface area (Å²) < 4.78 is 1.12. The van der Waals surface area contributed by atoms with Gasteiger partial charge in [-0.1, -0.05) is 94.2 Å². The van der Waals surface area contributed by atoms with Crippen LogP contribution in [0.15, 0.2) is 115 Å². The van der Waals surface area contributed by atoms with E-state index in [1.165, 1.54) is 66.5 Å². The maximum atomic E-state index is 11.1. The van der Waals surface area contributed by atoms with Crippen molar-refractivity contribution in [1.82, 2.24) is 0 Å². The molecule has 0 radical (unpaired) electrons. The second-order valence-electron chi connectivity index (χ2n) is 11.5. The third-order valence-corrected chi connectivity index (χ3v) is 11.4. The van der Waals surface area contributed by atoms with Crippen molar-refractivity contribution in [3.8, 4) is 0 Å². The number of amides is 1. The normalized spacial score (nSPS) is 14.6. The maximum Gasteiger partial charge on any atom is 0.0519 e. The summed E-state index contributed by atoms with van der Waals surface area (Å²) in [4.78, 5) is 11.1. The van der Waals surface area contributed by atoms with E-state index in [1.807, 2.05) is 36.4 Å². The van der Waals surface area contributed by atoms with E-state index >= 15 is 0 Å². The van der Waals surface area contributed by atoms with Gasteiger partial charge in [0.25, 0.3) is 0 Å². The minimum atomic E-state index is -2.15. The first-order chi connectivity index (χ1) is 21.5. The minimum absolute atomic E-state index is 0.0458. The molecule has 5 aromatic carbocycles. The summed E-state index contributed by atoms with van der Waals surface area (Å²) in [7, 11) is 12.4. The van der Waals surface area contributed by atoms with Crippen LogP contribution in [0.2, 0.25) is 0 Å². The molecule has 0 heterocycles. The Hall–Kier alpha value is -2.62. The molecule has 1 aliphatic rings. The van der Waals surface area contributed by atoms with Gasteiger partial charge < -0.3 is 10.5 Å². The molecule has 1 aliphatic carbocycles. The molecule has 0 aliphatic heterocycles. The van der Waals surface area contributed by atoms with E-state index in [1.54, 1.807) is 0 Å². The molecule has 44 heavy (non-hydrogen) atoms. The number of hydrogen-bond donors (Lipinski definition) is 0. The molecule has 5 heteroatoms. The van der Waals surface area contributed by atoms with Crippen LogP contribution < -0.4 is 0 Å². The molecule has 1 N–H and O–H groups in total. The van der Waals surface area contributed by atoms with Crippen LogP contribution in [0.1, 0.15) is 81.8 Å². The van der Waals surface area contributed by atoms with E-state index in [9.17, 15) is 4.79 Å². The van der Waals surface area contributed by atoms with Crippen molar-refractivity contribution in [3.05, 3.63) is 132 Å². The topological polar surface area (TPSA) is 40.9 Å². The summed E-state index contributed by atoms with van der Waals surface area (Å²) in [5.41, 5.74) is 9.49. The van der Waals surface area contributed by atoms with Gasteiger partial charge in [-0.25, -0.2) is 0 Å². The Balaban J connectivity index is 0.000000151. The number of rotatable bonds is 3. The first-order valence-electron chi connectivity index (χ1n) is 16.0. The molecule has 0 saturated heterocycles. The van der Waals surface area contributed by atoms with Crippen molar-refractivity contribution in [3.63, 3.8) is 0 Å². The van der Waals surface area contributed by atoms with E-state index in [2.05, 4.69) is 78.9 Å². The van der Waals surface area contributed by atoms with Gasteiger partial charge >= 0.3 is 109 Å². The molecule has 230 valence electrons. The molecule has 5 aromatic rings. The Morgan fingerprint density at radius 1 is 0.568 bits per heavy atom. The number of carbonyl (C=O) groups excluding carboxylic acids is 1. The average Bonchev–Trinajstić information content (AvgIpc) is 3.42. The molecule has 2 nitrogen and oxygen atoms in total. The molecule has 1 amide bonds. The zero-order valence-corrected chi connectivity index (χ0v) is 28.6. The number of hydrogen-bond acceptors (Lipinski definition) is 1. The van der Waals surface area contributed by atoms with Crippen LogP contribution in [-0.4, -0.2) is 9.72 Å². The van der Waals surface area contributed by atoms with E-state index in [-0.39, 0.29) is 11.8 Å². The molecule has 0 spiro atoms. The fourth-order valence-corrected chi connectivity index (χ4v) is 8.93. The second kappa shape index (κ2) is 19.0. The second-order valence-corrected chi connectivity index (χ2v) is 17.0. The zero-order chi connectivity index (χ0) is 31.0. The fourth-order valence-electron chi connectivity index (χ4n) is 5.92. The molecule has 0 aromatic heterocycles. The molecule has 6 rings (SSSR count). The van der Waals surface area contributed by atoms with Gasteiger partial charge in [0, 0.05) is 5.92 Å². The molecular formula is C39H43Cl2NOTi-2. The van der Waals surface area contributed by atoms with E-state index in [0.29, 0.717) is 0 Å². The van der Waals surface area contributed by atoms with E-state index < -0.39 is 15.3 Å². The summed E-state index contributed by atoms with van der Waals surface area (Å²) in [5.74, 6) is -0.281. The van der Waals surface area contributed by atoms with Gasteiger partial charge in [0.1, 0.15) is 0 Å². The van der Waals surface area contributed by atoms with Crippen LogP contribution in [0.5, 0.6) is 0 Å². The van der Waals surface area contributed by atoms with Gasteiger partial charge in [-0.2, -0.15) is 0 Å². The third-order valence-electron chi connectivity index (χ3n) is 8.31. The quantitative estimate of drug-likeness (QED) is 0.140. The number of halogens is 2. The summed E-state index contributed by atoms with van der Waals surface area (Å²) >= 11 is -2.15. The predicted molar refractivity (Wildman–Crippen MR) is 188 cm³/mol. The molecule has 0 atom stereocenters. The standard InChI is InChI=1S/C13H25NO.C13H9.C13H10.2ClH.Ti/c14-13(15)12-10-8-6-4-2-1-3-5-7-9-11-12;1-3-7-12-10(5-1)9-11-6-2-4-8-13(11)12;1-3-7-12(8-4-1)11-13-9-5-2-6-10-13;;;/h12H,1-11H2,(H2,14,15);1-9H;1-10H;2*1H;/q;-1;;;;+2/p-3. The van der Waals surface area contributed by atoms with Gasteiger partial charge in [0.2, 0.25) is 0 Å². The van der Waals surface area contributed by atoms with Crippen LogP contribution in [0.25, 0.3) is 27.3 Å². The first kappa shape index (κ1) is 34.3. The summed E-state index contributed by atoms with van der Waals surface area (Å²) in [6, 6.07) is 39.5. The Morgan fingerprint density at radius 3 is 1.32 bits per heavy atom. The SMILES string of the molecule is [Cl][Ti]([Cl])=[C](c1ccccc1)c1ccccc1.[NH-]C(=O)C1CCCCCCCCCCC1.c1ccc2c(c1)[cH-]c1ccccc12. The van der Waals surface area contributed by atoms with Crippen LogP contribution in [0.4, 0.5) is 0 Å². The van der Waals surface area contributed by atoms with Gasteiger partial charge in [-0.05, 0) is 12.8 Å². The van der Waals surface area contributed by atoms with Gasteiger partial charge in [0.15, 0.2) is 0 Å². The van der Waals surface area contributed by atoms with E-state index in [4.69, 9.17) is 24.3 Å². The van der Waals surface area contributed by atoms with Gasteiger partial charge in [0.05, 0.1) is 5.91 Å². The molecule has 1 saturated carbocycles. The fraction of sp³-hybridized carbons (Fsp3) is 0.308. The van der Waals surface area contributed by atoms with Crippen molar-refractivity contribution < 1.29 is 20.1 Å². The smallest absolute Gasteiger partial charge is 0.0519 e. The summed E-state index contributed by atoms with van der Waals surface area (Å²) in [6.07, 6.45) is 13.5. The largest absolute Gasteiger partial charge is 0.668 e. The Labute approximate surface area is 277 Å². The van der Waals surface area contributed by atoms with Crippen molar-refractivity contribution in [2.75, 3.05) is 0 Å². The van der Waals surface area contributed by atoms with E-state index in [0.717, 1.165) is 40.6 Å². The van der Waals surface area contributed by atoms with Crippen LogP contribution in [-0.2, 0) is 20.1 Å². The maximum absolute atomic E-state index is 11.1. The van der Waals surface area contributed by atoms with Crippen LogP contribution >= 0.6 is 18.6 Å². The van der Waals surface area contributed by atoms with Crippen molar-refractivity contribution in [1.29, 1.82) is 0 Å². The minimum Gasteiger partial charge on any atom is -0.668 e. The van der Waals surface area contributed by atoms with Gasteiger partial charge in [-0.3, -0.25) is 0 Å². The first-order valence-corrected chi connectivity index (χ1v) is 21.1. The predicted octanol–water partition coefficient (Wildman–Crippen LogP) is 12.4. The average molecular weight is 661 g/mol. The molecule has 0 bridgehead atoms. The summed E-state index contributed by atoms with van der Waals surface area (Å²) in [6.45, 7) is 0. The van der Waals surface area contributed by atoms with Crippen molar-refractivity contribution in [2.24, 2.45) is 5.92 Å². The van der Waals surface area contributed by atoms with Gasteiger partial charge in [-0.15, -0.1) is 39.7 Å². The Morgan fingerprint density at radius 2 is 0.932 bits per heavy atom. The number of nitrogens with one attached hydrogen (secondary N) is 1. The van der Waals surface area contributed by atoms with Crippen molar-refractivity contribution in [2.45, 2.75) is 70.6 Å². The summed E-state index contributed by atoms with van der Waals surface area (Å²) in [5, 5.41) is 5.39. The monoisotopic (exact) mass is 659 g/mol. The Bertz CT molecular complexity index is 1490. The number of fused-ring (bicyclic) bond motifs is 3. The zero-order valence-electron chi connectivity index (χ0n) is 25.5. The Kier molecular flexibility index (Phi) is 14.8. The molecule has 0 unspecified atom stereocenters. The van der Waals surface area contributed by atoms with Crippen LogP contribution in [0.3, 0.4) is 0 Å².